The molecule has 0 N–H and O–H groups in total. The first-order valence-electron chi connectivity index (χ1n) is 8.07. The third-order valence-corrected chi connectivity index (χ3v) is 6.42. The van der Waals surface area contributed by atoms with Crippen LogP contribution in [0.2, 0.25) is 0 Å². The van der Waals surface area contributed by atoms with Gasteiger partial charge in [0.25, 0.3) is 11.1 Å². The second-order valence-electron chi connectivity index (χ2n) is 5.55. The maximum absolute atomic E-state index is 12.9. The Morgan fingerprint density at radius 1 is 1.11 bits per heavy atom. The average molecular weight is 408 g/mol. The number of ether oxygens (including phenoxy) is 1. The van der Waals surface area contributed by atoms with Gasteiger partial charge in [-0.1, -0.05) is 23.9 Å². The van der Waals surface area contributed by atoms with Crippen LogP contribution in [0.25, 0.3) is 11.5 Å². The number of sulfone groups is 1. The molecule has 0 bridgehead atoms. The van der Waals surface area contributed by atoms with Crippen molar-refractivity contribution in [2.75, 3.05) is 18.6 Å². The SMILES string of the molecule is COc1ccccc1-c1nnc(SCCCS(=O)(=O)c2ccc(F)cc2)o1. The third kappa shape index (κ3) is 4.86. The molecule has 0 fully saturated rings. The molecule has 1 aromatic heterocycles. The van der Waals surface area contributed by atoms with Gasteiger partial charge in [-0.25, -0.2) is 12.8 Å². The molecule has 0 radical (unpaired) electrons. The van der Waals surface area contributed by atoms with Gasteiger partial charge in [-0.3, -0.25) is 0 Å². The van der Waals surface area contributed by atoms with Crippen molar-refractivity contribution in [2.24, 2.45) is 0 Å². The van der Waals surface area contributed by atoms with E-state index in [-0.39, 0.29) is 10.6 Å². The van der Waals surface area contributed by atoms with Crippen molar-refractivity contribution < 1.29 is 22.0 Å². The van der Waals surface area contributed by atoms with Crippen molar-refractivity contribution in [3.05, 3.63) is 54.3 Å². The molecule has 0 spiro atoms. The fraction of sp³-hybridized carbons (Fsp3) is 0.222. The average Bonchev–Trinajstić information content (AvgIpc) is 3.14. The van der Waals surface area contributed by atoms with Gasteiger partial charge < -0.3 is 9.15 Å². The lowest BCUT2D eigenvalue weighted by molar-refractivity contribution is 0.411. The van der Waals surface area contributed by atoms with E-state index >= 15 is 0 Å². The number of hydrogen-bond donors (Lipinski definition) is 0. The maximum Gasteiger partial charge on any atom is 0.276 e. The monoisotopic (exact) mass is 408 g/mol. The summed E-state index contributed by atoms with van der Waals surface area (Å²) in [6, 6.07) is 12.1. The molecule has 6 nitrogen and oxygen atoms in total. The first-order chi connectivity index (χ1) is 13.0. The van der Waals surface area contributed by atoms with Crippen LogP contribution in [0.1, 0.15) is 6.42 Å². The van der Waals surface area contributed by atoms with E-state index in [1.54, 1.807) is 13.2 Å². The fourth-order valence-electron chi connectivity index (χ4n) is 2.37. The molecule has 0 amide bonds. The molecular weight excluding hydrogens is 391 g/mol. The Bertz CT molecular complexity index is 1000. The molecule has 3 rings (SSSR count). The summed E-state index contributed by atoms with van der Waals surface area (Å²) in [7, 11) is -1.88. The summed E-state index contributed by atoms with van der Waals surface area (Å²) in [5.41, 5.74) is 0.693. The second-order valence-corrected chi connectivity index (χ2v) is 8.70. The van der Waals surface area contributed by atoms with Crippen molar-refractivity contribution in [1.82, 2.24) is 10.2 Å². The van der Waals surface area contributed by atoms with E-state index in [2.05, 4.69) is 10.2 Å². The lowest BCUT2D eigenvalue weighted by Crippen LogP contribution is -2.07. The Labute approximate surface area is 160 Å². The Balaban J connectivity index is 1.56. The summed E-state index contributed by atoms with van der Waals surface area (Å²) in [4.78, 5) is 0.116. The van der Waals surface area contributed by atoms with Crippen LogP contribution in [0.5, 0.6) is 5.75 Å². The molecule has 0 saturated heterocycles. The molecule has 2 aromatic carbocycles. The van der Waals surface area contributed by atoms with Crippen LogP contribution >= 0.6 is 11.8 Å². The van der Waals surface area contributed by atoms with Crippen molar-refractivity contribution >= 4 is 21.6 Å². The smallest absolute Gasteiger partial charge is 0.276 e. The minimum absolute atomic E-state index is 0.0425. The Morgan fingerprint density at radius 3 is 2.59 bits per heavy atom. The number of rotatable bonds is 8. The van der Waals surface area contributed by atoms with Crippen molar-refractivity contribution in [3.8, 4) is 17.2 Å². The zero-order valence-electron chi connectivity index (χ0n) is 14.5. The number of para-hydroxylation sites is 1. The lowest BCUT2D eigenvalue weighted by atomic mass is 10.2. The third-order valence-electron chi connectivity index (χ3n) is 3.70. The summed E-state index contributed by atoms with van der Waals surface area (Å²) >= 11 is 1.28. The Kier molecular flexibility index (Phi) is 6.12. The molecule has 0 aliphatic carbocycles. The molecule has 27 heavy (non-hydrogen) atoms. The number of benzene rings is 2. The molecule has 142 valence electrons. The largest absolute Gasteiger partial charge is 0.496 e. The summed E-state index contributed by atoms with van der Waals surface area (Å²) < 4.78 is 48.2. The second kappa shape index (κ2) is 8.53. The number of methoxy groups -OCH3 is 1. The quantitative estimate of drug-likeness (QED) is 0.318. The van der Waals surface area contributed by atoms with Gasteiger partial charge in [-0.2, -0.15) is 0 Å². The highest BCUT2D eigenvalue weighted by molar-refractivity contribution is 7.99. The van der Waals surface area contributed by atoms with Gasteiger partial charge in [0.2, 0.25) is 0 Å². The lowest BCUT2D eigenvalue weighted by Gasteiger charge is -2.04. The highest BCUT2D eigenvalue weighted by Crippen LogP contribution is 2.30. The zero-order chi connectivity index (χ0) is 19.3. The van der Waals surface area contributed by atoms with E-state index in [9.17, 15) is 12.8 Å². The molecule has 3 aromatic rings. The number of halogens is 1. The van der Waals surface area contributed by atoms with Crippen molar-refractivity contribution in [1.29, 1.82) is 0 Å². The summed E-state index contributed by atoms with van der Waals surface area (Å²) in [5.74, 6) is 0.955. The fourth-order valence-corrected chi connectivity index (χ4v) is 4.56. The number of aromatic nitrogens is 2. The first-order valence-corrected chi connectivity index (χ1v) is 10.7. The van der Waals surface area contributed by atoms with E-state index in [4.69, 9.17) is 9.15 Å². The Hall–Kier alpha value is -2.39. The summed E-state index contributed by atoms with van der Waals surface area (Å²) in [6.07, 6.45) is 0.400. The van der Waals surface area contributed by atoms with Crippen LogP contribution in [-0.2, 0) is 9.84 Å². The van der Waals surface area contributed by atoms with E-state index in [0.717, 1.165) is 12.1 Å². The van der Waals surface area contributed by atoms with Gasteiger partial charge in [0.05, 0.1) is 23.3 Å². The predicted octanol–water partition coefficient (Wildman–Crippen LogP) is 3.84. The molecule has 0 aliphatic heterocycles. The van der Waals surface area contributed by atoms with E-state index in [1.165, 1.54) is 23.9 Å². The highest BCUT2D eigenvalue weighted by atomic mass is 32.2. The zero-order valence-corrected chi connectivity index (χ0v) is 16.1. The van der Waals surface area contributed by atoms with Gasteiger partial charge in [-0.15, -0.1) is 10.2 Å². The van der Waals surface area contributed by atoms with E-state index < -0.39 is 15.7 Å². The Morgan fingerprint density at radius 2 is 1.85 bits per heavy atom. The van der Waals surface area contributed by atoms with Crippen LogP contribution in [0.3, 0.4) is 0 Å². The van der Waals surface area contributed by atoms with E-state index in [0.29, 0.717) is 34.6 Å². The molecule has 9 heteroatoms. The molecular formula is C18H17FN2O4S2. The van der Waals surface area contributed by atoms with Crippen LogP contribution < -0.4 is 4.74 Å². The molecule has 0 aliphatic rings. The first kappa shape index (κ1) is 19.4. The van der Waals surface area contributed by atoms with Crippen LogP contribution in [0.15, 0.2) is 63.1 Å². The van der Waals surface area contributed by atoms with Crippen LogP contribution in [-0.4, -0.2) is 37.2 Å². The predicted molar refractivity (Wildman–Crippen MR) is 100 cm³/mol. The molecule has 0 unspecified atom stereocenters. The highest BCUT2D eigenvalue weighted by Gasteiger charge is 2.16. The van der Waals surface area contributed by atoms with Gasteiger partial charge >= 0.3 is 0 Å². The van der Waals surface area contributed by atoms with Crippen LogP contribution in [0.4, 0.5) is 4.39 Å². The normalized spacial score (nSPS) is 11.5. The van der Waals surface area contributed by atoms with Gasteiger partial charge in [0, 0.05) is 5.75 Å². The van der Waals surface area contributed by atoms with Crippen molar-refractivity contribution in [3.63, 3.8) is 0 Å². The minimum atomic E-state index is -3.44. The van der Waals surface area contributed by atoms with Crippen molar-refractivity contribution in [2.45, 2.75) is 16.5 Å². The molecule has 1 heterocycles. The molecule has 0 atom stereocenters. The summed E-state index contributed by atoms with van der Waals surface area (Å²) in [6.45, 7) is 0. The number of hydrogen-bond acceptors (Lipinski definition) is 7. The van der Waals surface area contributed by atoms with Gasteiger partial charge in [0.15, 0.2) is 9.84 Å². The minimum Gasteiger partial charge on any atom is -0.496 e. The maximum atomic E-state index is 12.9. The molecule has 0 saturated carbocycles. The van der Waals surface area contributed by atoms with E-state index in [1.807, 2.05) is 18.2 Å². The van der Waals surface area contributed by atoms with Gasteiger partial charge in [-0.05, 0) is 42.8 Å². The van der Waals surface area contributed by atoms with Gasteiger partial charge in [0.1, 0.15) is 11.6 Å². The number of nitrogens with zero attached hydrogens (tertiary/aromatic N) is 2. The van der Waals surface area contributed by atoms with Crippen LogP contribution in [0, 0.1) is 5.82 Å². The number of thioether (sulfide) groups is 1. The topological polar surface area (TPSA) is 82.3 Å². The summed E-state index contributed by atoms with van der Waals surface area (Å²) in [5, 5.41) is 8.33. The standard InChI is InChI=1S/C18H17FN2O4S2/c1-24-16-6-3-2-5-15(16)17-20-21-18(25-17)26-11-4-12-27(22,23)14-9-7-13(19)8-10-14/h2-3,5-10H,4,11-12H2,1H3.